The first kappa shape index (κ1) is 10.5. The van der Waals surface area contributed by atoms with E-state index in [1.54, 1.807) is 6.92 Å². The van der Waals surface area contributed by atoms with Crippen LogP contribution in [0.15, 0.2) is 0 Å². The molecule has 13 heavy (non-hydrogen) atoms. The van der Waals surface area contributed by atoms with Gasteiger partial charge in [-0.25, -0.2) is 0 Å². The number of hydrogen-bond donors (Lipinski definition) is 1. The summed E-state index contributed by atoms with van der Waals surface area (Å²) in [4.78, 5) is 15.1. The van der Waals surface area contributed by atoms with Crippen molar-refractivity contribution in [3.63, 3.8) is 0 Å². The van der Waals surface area contributed by atoms with Gasteiger partial charge >= 0.3 is 0 Å². The lowest BCUT2D eigenvalue weighted by molar-refractivity contribution is -0.132. The van der Waals surface area contributed by atoms with Crippen LogP contribution in [-0.2, 0) is 4.79 Å². The maximum Gasteiger partial charge on any atom is 0.219 e. The first-order valence-corrected chi connectivity index (χ1v) is 4.79. The van der Waals surface area contributed by atoms with Crippen molar-refractivity contribution in [2.75, 3.05) is 19.6 Å². The molecule has 2 N–H and O–H groups in total. The van der Waals surface area contributed by atoms with Crippen molar-refractivity contribution in [3.05, 3.63) is 0 Å². The number of nitrogens with zero attached hydrogens (tertiary/aromatic N) is 2. The molecule has 1 atom stereocenters. The largest absolute Gasteiger partial charge is 0.339 e. The van der Waals surface area contributed by atoms with Gasteiger partial charge in [-0.05, 0) is 13.8 Å². The number of carbonyl (C=O) groups is 1. The van der Waals surface area contributed by atoms with Crippen LogP contribution >= 0.6 is 0 Å². The van der Waals surface area contributed by atoms with Gasteiger partial charge in [0.1, 0.15) is 0 Å². The Balaban J connectivity index is 2.51. The number of amides is 1. The third kappa shape index (κ3) is 2.42. The third-order valence-corrected chi connectivity index (χ3v) is 2.57. The fraction of sp³-hybridized carbons (Fsp3) is 0.889. The van der Waals surface area contributed by atoms with Crippen molar-refractivity contribution < 1.29 is 4.79 Å². The summed E-state index contributed by atoms with van der Waals surface area (Å²) in [5, 5.41) is 0. The molecule has 0 aliphatic carbocycles. The van der Waals surface area contributed by atoms with Crippen LogP contribution in [0.25, 0.3) is 0 Å². The van der Waals surface area contributed by atoms with Gasteiger partial charge in [-0.1, -0.05) is 0 Å². The SMILES string of the molecule is CC(=O)N1CCN(C(C)C)C(N)C1. The Kier molecular flexibility index (Phi) is 3.27. The van der Waals surface area contributed by atoms with Gasteiger partial charge in [-0.3, -0.25) is 9.69 Å². The molecule has 4 heteroatoms. The summed E-state index contributed by atoms with van der Waals surface area (Å²) in [6, 6.07) is 0.462. The Morgan fingerprint density at radius 3 is 2.46 bits per heavy atom. The van der Waals surface area contributed by atoms with Crippen molar-refractivity contribution >= 4 is 5.91 Å². The van der Waals surface area contributed by atoms with Gasteiger partial charge in [-0.15, -0.1) is 0 Å². The molecule has 1 fully saturated rings. The van der Waals surface area contributed by atoms with E-state index in [2.05, 4.69) is 18.7 Å². The van der Waals surface area contributed by atoms with E-state index in [1.807, 2.05) is 4.90 Å². The Labute approximate surface area is 79.7 Å². The second-order valence-electron chi connectivity index (χ2n) is 3.86. The fourth-order valence-corrected chi connectivity index (χ4v) is 1.75. The molecular formula is C9H19N3O. The molecule has 1 rings (SSSR count). The first-order valence-electron chi connectivity index (χ1n) is 4.79. The highest BCUT2D eigenvalue weighted by Crippen LogP contribution is 2.09. The molecule has 0 aromatic carbocycles. The van der Waals surface area contributed by atoms with Gasteiger partial charge in [0.05, 0.1) is 6.17 Å². The highest BCUT2D eigenvalue weighted by molar-refractivity contribution is 5.73. The van der Waals surface area contributed by atoms with Gasteiger partial charge in [0.2, 0.25) is 5.91 Å². The van der Waals surface area contributed by atoms with Crippen LogP contribution in [0.2, 0.25) is 0 Å². The minimum atomic E-state index is -0.00218. The highest BCUT2D eigenvalue weighted by Gasteiger charge is 2.26. The maximum absolute atomic E-state index is 11.1. The van der Waals surface area contributed by atoms with Crippen LogP contribution in [0.3, 0.4) is 0 Å². The van der Waals surface area contributed by atoms with E-state index in [-0.39, 0.29) is 12.1 Å². The average molecular weight is 185 g/mol. The number of rotatable bonds is 1. The smallest absolute Gasteiger partial charge is 0.219 e. The van der Waals surface area contributed by atoms with E-state index in [0.29, 0.717) is 12.6 Å². The molecule has 1 amide bonds. The topological polar surface area (TPSA) is 49.6 Å². The Bertz CT molecular complexity index is 193. The first-order chi connectivity index (χ1) is 6.02. The van der Waals surface area contributed by atoms with Crippen LogP contribution in [0.5, 0.6) is 0 Å². The van der Waals surface area contributed by atoms with Crippen LogP contribution < -0.4 is 5.73 Å². The van der Waals surface area contributed by atoms with E-state index < -0.39 is 0 Å². The Morgan fingerprint density at radius 1 is 1.46 bits per heavy atom. The van der Waals surface area contributed by atoms with E-state index in [4.69, 9.17) is 5.73 Å². The van der Waals surface area contributed by atoms with Crippen molar-refractivity contribution in [1.29, 1.82) is 0 Å². The molecule has 0 aromatic rings. The number of hydrogen-bond acceptors (Lipinski definition) is 3. The Hall–Kier alpha value is -0.610. The maximum atomic E-state index is 11.1. The minimum Gasteiger partial charge on any atom is -0.339 e. The van der Waals surface area contributed by atoms with Crippen LogP contribution in [0, 0.1) is 0 Å². The van der Waals surface area contributed by atoms with E-state index >= 15 is 0 Å². The van der Waals surface area contributed by atoms with Crippen LogP contribution in [0.4, 0.5) is 0 Å². The summed E-state index contributed by atoms with van der Waals surface area (Å²) in [6.45, 7) is 8.21. The van der Waals surface area contributed by atoms with Gasteiger partial charge in [0, 0.05) is 32.6 Å². The molecule has 0 bridgehead atoms. The molecule has 1 heterocycles. The number of piperazine rings is 1. The second-order valence-corrected chi connectivity index (χ2v) is 3.86. The second kappa shape index (κ2) is 4.07. The van der Waals surface area contributed by atoms with Gasteiger partial charge in [0.25, 0.3) is 0 Å². The van der Waals surface area contributed by atoms with Crippen molar-refractivity contribution in [3.8, 4) is 0 Å². The van der Waals surface area contributed by atoms with Crippen molar-refractivity contribution in [2.45, 2.75) is 33.0 Å². The van der Waals surface area contributed by atoms with Crippen molar-refractivity contribution in [2.24, 2.45) is 5.73 Å². The quantitative estimate of drug-likeness (QED) is 0.618. The molecule has 0 saturated carbocycles. The molecule has 1 unspecified atom stereocenters. The molecule has 0 spiro atoms. The van der Waals surface area contributed by atoms with E-state index in [1.165, 1.54) is 0 Å². The Morgan fingerprint density at radius 2 is 2.08 bits per heavy atom. The lowest BCUT2D eigenvalue weighted by atomic mass is 10.2. The third-order valence-electron chi connectivity index (χ3n) is 2.57. The summed E-state index contributed by atoms with van der Waals surface area (Å²) in [7, 11) is 0. The minimum absolute atomic E-state index is 0.00218. The molecule has 4 nitrogen and oxygen atoms in total. The predicted molar refractivity (Wildman–Crippen MR) is 52.1 cm³/mol. The molecule has 76 valence electrons. The monoisotopic (exact) mass is 185 g/mol. The number of carbonyl (C=O) groups excluding carboxylic acids is 1. The summed E-state index contributed by atoms with van der Waals surface area (Å²) in [5.41, 5.74) is 5.94. The van der Waals surface area contributed by atoms with Crippen LogP contribution in [-0.4, -0.2) is 47.5 Å². The van der Waals surface area contributed by atoms with E-state index in [9.17, 15) is 4.79 Å². The molecule has 1 aliphatic rings. The summed E-state index contributed by atoms with van der Waals surface area (Å²) >= 11 is 0. The van der Waals surface area contributed by atoms with Gasteiger partial charge in [-0.2, -0.15) is 0 Å². The lowest BCUT2D eigenvalue weighted by Gasteiger charge is -2.41. The average Bonchev–Trinajstić information content (AvgIpc) is 2.03. The zero-order valence-electron chi connectivity index (χ0n) is 8.66. The normalized spacial score (nSPS) is 25.3. The molecule has 0 aromatic heterocycles. The van der Waals surface area contributed by atoms with Gasteiger partial charge < -0.3 is 10.6 Å². The lowest BCUT2D eigenvalue weighted by Crippen LogP contribution is -2.59. The fourth-order valence-electron chi connectivity index (χ4n) is 1.75. The summed E-state index contributed by atoms with van der Waals surface area (Å²) < 4.78 is 0. The molecule has 1 aliphatic heterocycles. The molecule has 0 radical (unpaired) electrons. The molecule has 1 saturated heterocycles. The highest BCUT2D eigenvalue weighted by atomic mass is 16.2. The van der Waals surface area contributed by atoms with E-state index in [0.717, 1.165) is 13.1 Å². The molecular weight excluding hydrogens is 166 g/mol. The van der Waals surface area contributed by atoms with Gasteiger partial charge in [0.15, 0.2) is 0 Å². The zero-order chi connectivity index (χ0) is 10.0. The number of nitrogens with two attached hydrogens (primary N) is 1. The standard InChI is InChI=1S/C9H19N3O/c1-7(2)12-5-4-11(8(3)13)6-9(12)10/h7,9H,4-6,10H2,1-3H3. The predicted octanol–water partition coefficient (Wildman–Crippen LogP) is -0.156. The van der Waals surface area contributed by atoms with Crippen LogP contribution in [0.1, 0.15) is 20.8 Å². The summed E-state index contributed by atoms with van der Waals surface area (Å²) in [5.74, 6) is 0.124. The summed E-state index contributed by atoms with van der Waals surface area (Å²) in [6.07, 6.45) is -0.00218. The van der Waals surface area contributed by atoms with Crippen molar-refractivity contribution in [1.82, 2.24) is 9.80 Å². The zero-order valence-corrected chi connectivity index (χ0v) is 8.66.